The maximum Gasteiger partial charge on any atom is 0.179 e. The molecule has 4 heteroatoms. The van der Waals surface area contributed by atoms with Crippen LogP contribution in [0.1, 0.15) is 27.7 Å². The van der Waals surface area contributed by atoms with Crippen LogP contribution in [-0.4, -0.2) is 20.1 Å². The summed E-state index contributed by atoms with van der Waals surface area (Å²) >= 11 is 6.98. The van der Waals surface area contributed by atoms with Crippen LogP contribution in [0, 0.1) is 0 Å². The molecular formula is C7H13Br2NO. The third-order valence-electron chi connectivity index (χ3n) is 1.48. The number of nitrogens with zero attached hydrogens (tertiary/aromatic N) is 1. The fourth-order valence-corrected chi connectivity index (χ4v) is 1.43. The predicted octanol–water partition coefficient (Wildman–Crippen LogP) is 2.86. The quantitative estimate of drug-likeness (QED) is 0.544. The Morgan fingerprint density at radius 1 is 1.18 bits per heavy atom. The smallest absolute Gasteiger partial charge is 0.179 e. The lowest BCUT2D eigenvalue weighted by Crippen LogP contribution is -2.31. The highest BCUT2D eigenvalue weighted by atomic mass is 79.9. The lowest BCUT2D eigenvalue weighted by Gasteiger charge is -2.19. The van der Waals surface area contributed by atoms with Crippen LogP contribution in [0.2, 0.25) is 0 Å². The van der Waals surface area contributed by atoms with E-state index in [9.17, 15) is 0 Å². The normalized spacial score (nSPS) is 32.2. The molecular weight excluding hydrogens is 274 g/mol. The first kappa shape index (κ1) is 9.96. The van der Waals surface area contributed by atoms with Crippen LogP contribution in [0.3, 0.4) is 0 Å². The van der Waals surface area contributed by atoms with Crippen molar-refractivity contribution in [2.24, 2.45) is 0 Å². The van der Waals surface area contributed by atoms with E-state index in [0.29, 0.717) is 0 Å². The lowest BCUT2D eigenvalue weighted by molar-refractivity contribution is 0.101. The van der Waals surface area contributed by atoms with Crippen LogP contribution in [0.4, 0.5) is 0 Å². The predicted molar refractivity (Wildman–Crippen MR) is 52.7 cm³/mol. The Kier molecular flexibility index (Phi) is 2.43. The second-order valence-electron chi connectivity index (χ2n) is 3.91. The molecule has 0 N–H and O–H groups in total. The van der Waals surface area contributed by atoms with E-state index in [1.807, 2.05) is 12.0 Å². The fourth-order valence-electron chi connectivity index (χ4n) is 0.889. The minimum atomic E-state index is -0.132. The largest absolute Gasteiger partial charge is 0.272 e. The zero-order chi connectivity index (χ0) is 8.86. The van der Waals surface area contributed by atoms with Crippen LogP contribution < -0.4 is 0 Å². The molecule has 2 unspecified atom stereocenters. The molecule has 1 heterocycles. The summed E-state index contributed by atoms with van der Waals surface area (Å²) in [7, 11) is 0. The molecule has 0 aromatic rings. The monoisotopic (exact) mass is 285 g/mol. The van der Waals surface area contributed by atoms with Gasteiger partial charge in [-0.05, 0) is 27.7 Å². The van der Waals surface area contributed by atoms with E-state index in [0.717, 1.165) is 0 Å². The highest BCUT2D eigenvalue weighted by Gasteiger charge is 2.53. The van der Waals surface area contributed by atoms with Gasteiger partial charge >= 0.3 is 0 Å². The fraction of sp³-hybridized carbons (Fsp3) is 1.00. The Labute approximate surface area is 84.5 Å². The molecule has 0 spiro atoms. The first-order valence-corrected chi connectivity index (χ1v) is 5.15. The van der Waals surface area contributed by atoms with Crippen LogP contribution in [0.25, 0.3) is 0 Å². The highest BCUT2D eigenvalue weighted by Crippen LogP contribution is 2.45. The Bertz CT molecular complexity index is 141. The van der Waals surface area contributed by atoms with Crippen molar-refractivity contribution in [3.63, 3.8) is 0 Å². The number of hydrogen-bond donors (Lipinski definition) is 0. The molecule has 2 atom stereocenters. The topological polar surface area (TPSA) is 15.5 Å². The maximum atomic E-state index is 5.39. The van der Waals surface area contributed by atoms with Gasteiger partial charge < -0.3 is 0 Å². The summed E-state index contributed by atoms with van der Waals surface area (Å²) in [6, 6.07) is 0. The van der Waals surface area contributed by atoms with Crippen LogP contribution in [0.5, 0.6) is 0 Å². The van der Waals surface area contributed by atoms with E-state index in [-0.39, 0.29) is 15.0 Å². The summed E-state index contributed by atoms with van der Waals surface area (Å²) in [5.41, 5.74) is 0.0907. The van der Waals surface area contributed by atoms with Crippen LogP contribution in [0.15, 0.2) is 0 Å². The van der Waals surface area contributed by atoms with Crippen molar-refractivity contribution in [2.75, 3.05) is 0 Å². The van der Waals surface area contributed by atoms with Crippen molar-refractivity contribution in [1.29, 1.82) is 0 Å². The summed E-state index contributed by atoms with van der Waals surface area (Å²) < 4.78 is -0.132. The van der Waals surface area contributed by atoms with E-state index in [2.05, 4.69) is 52.6 Å². The Morgan fingerprint density at radius 2 is 1.64 bits per heavy atom. The van der Waals surface area contributed by atoms with E-state index in [4.69, 9.17) is 4.84 Å². The van der Waals surface area contributed by atoms with Gasteiger partial charge in [-0.25, -0.2) is 0 Å². The van der Waals surface area contributed by atoms with Gasteiger partial charge in [-0.2, -0.15) is 0 Å². The number of hydrogen-bond acceptors (Lipinski definition) is 2. The molecule has 2 nitrogen and oxygen atoms in total. The molecule has 1 rings (SSSR count). The summed E-state index contributed by atoms with van der Waals surface area (Å²) in [4.78, 5) is 5.39. The van der Waals surface area contributed by atoms with E-state index in [1.54, 1.807) is 0 Å². The van der Waals surface area contributed by atoms with Crippen molar-refractivity contribution in [2.45, 2.75) is 42.7 Å². The second-order valence-corrected chi connectivity index (χ2v) is 8.27. The first-order valence-electron chi connectivity index (χ1n) is 3.57. The molecule has 1 aliphatic heterocycles. The minimum absolute atomic E-state index is 0.0907. The van der Waals surface area contributed by atoms with E-state index < -0.39 is 0 Å². The van der Waals surface area contributed by atoms with Crippen molar-refractivity contribution in [3.8, 4) is 0 Å². The molecule has 0 aromatic carbocycles. The zero-order valence-corrected chi connectivity index (χ0v) is 10.4. The molecule has 1 fully saturated rings. The SMILES string of the molecule is CC(Br)(Br)C1ON1C(C)(C)C. The van der Waals surface area contributed by atoms with Crippen molar-refractivity contribution in [3.05, 3.63) is 0 Å². The minimum Gasteiger partial charge on any atom is -0.272 e. The third kappa shape index (κ3) is 2.41. The van der Waals surface area contributed by atoms with Gasteiger partial charge in [-0.1, -0.05) is 31.9 Å². The maximum absolute atomic E-state index is 5.39. The Hall–Kier alpha value is 0.880. The molecule has 0 saturated carbocycles. The molecule has 0 aliphatic carbocycles. The standard InChI is InChI=1S/C7H13Br2NO/c1-6(2,3)10-5(11-10)7(4,8)9/h5H,1-4H3. The summed E-state index contributed by atoms with van der Waals surface area (Å²) in [6.45, 7) is 8.40. The summed E-state index contributed by atoms with van der Waals surface area (Å²) in [5, 5.41) is 1.97. The number of hydroxylamine groups is 2. The number of alkyl halides is 2. The molecule has 1 aliphatic rings. The van der Waals surface area contributed by atoms with Gasteiger partial charge in [0, 0.05) is 5.54 Å². The lowest BCUT2D eigenvalue weighted by atomic mass is 10.1. The average Bonchev–Trinajstić information content (AvgIpc) is 2.30. The van der Waals surface area contributed by atoms with Crippen LogP contribution >= 0.6 is 31.9 Å². The molecule has 0 amide bonds. The summed E-state index contributed by atoms with van der Waals surface area (Å²) in [5.74, 6) is 0. The van der Waals surface area contributed by atoms with Gasteiger partial charge in [0.2, 0.25) is 0 Å². The molecule has 0 radical (unpaired) electrons. The molecule has 1 saturated heterocycles. The van der Waals surface area contributed by atoms with Crippen molar-refractivity contribution < 1.29 is 4.84 Å². The molecule has 0 bridgehead atoms. The van der Waals surface area contributed by atoms with Crippen LogP contribution in [-0.2, 0) is 4.84 Å². The number of rotatable bonds is 1. The van der Waals surface area contributed by atoms with E-state index in [1.165, 1.54) is 0 Å². The zero-order valence-electron chi connectivity index (χ0n) is 7.19. The molecule has 11 heavy (non-hydrogen) atoms. The first-order chi connectivity index (χ1) is 4.73. The second kappa shape index (κ2) is 2.69. The van der Waals surface area contributed by atoms with Crippen molar-refractivity contribution in [1.82, 2.24) is 5.06 Å². The summed E-state index contributed by atoms with van der Waals surface area (Å²) in [6.07, 6.45) is 0.141. The van der Waals surface area contributed by atoms with Gasteiger partial charge in [0.25, 0.3) is 0 Å². The number of halogens is 2. The highest BCUT2D eigenvalue weighted by molar-refractivity contribution is 9.25. The molecule has 66 valence electrons. The molecule has 0 aromatic heterocycles. The average molecular weight is 287 g/mol. The van der Waals surface area contributed by atoms with Gasteiger partial charge in [0.15, 0.2) is 6.23 Å². The Balaban J connectivity index is 2.51. The third-order valence-corrected chi connectivity index (χ3v) is 2.26. The van der Waals surface area contributed by atoms with Gasteiger partial charge in [0.05, 0.1) is 0 Å². The Morgan fingerprint density at radius 3 is 1.73 bits per heavy atom. The van der Waals surface area contributed by atoms with Gasteiger partial charge in [-0.3, -0.25) is 4.84 Å². The van der Waals surface area contributed by atoms with Gasteiger partial charge in [0.1, 0.15) is 3.23 Å². The van der Waals surface area contributed by atoms with E-state index >= 15 is 0 Å². The van der Waals surface area contributed by atoms with Gasteiger partial charge in [-0.15, -0.1) is 5.06 Å². The van der Waals surface area contributed by atoms with Crippen molar-refractivity contribution >= 4 is 31.9 Å².